The number of aromatic nitrogens is 2. The zero-order chi connectivity index (χ0) is 20.6. The van der Waals surface area contributed by atoms with Gasteiger partial charge in [-0.1, -0.05) is 12.1 Å². The van der Waals surface area contributed by atoms with Crippen LogP contribution >= 0.6 is 0 Å². The lowest BCUT2D eigenvalue weighted by atomic mass is 10.0. The van der Waals surface area contributed by atoms with Crippen LogP contribution in [0.25, 0.3) is 11.3 Å². The van der Waals surface area contributed by atoms with Crippen molar-refractivity contribution >= 4 is 0 Å². The maximum absolute atomic E-state index is 13.0. The van der Waals surface area contributed by atoms with Gasteiger partial charge in [-0.3, -0.25) is 4.68 Å². The number of halogens is 3. The van der Waals surface area contributed by atoms with E-state index in [1.807, 2.05) is 19.9 Å². The van der Waals surface area contributed by atoms with Gasteiger partial charge in [0, 0.05) is 18.2 Å². The third kappa shape index (κ3) is 3.83. The van der Waals surface area contributed by atoms with Crippen LogP contribution in [0.3, 0.4) is 0 Å². The minimum absolute atomic E-state index is 0.166. The lowest BCUT2D eigenvalue weighted by molar-refractivity contribution is -0.143. The molecule has 0 aliphatic heterocycles. The smallest absolute Gasteiger partial charge is 0.433 e. The highest BCUT2D eigenvalue weighted by molar-refractivity contribution is 5.67. The van der Waals surface area contributed by atoms with Crippen molar-refractivity contribution in [1.29, 1.82) is 0 Å². The number of rotatable bonds is 4. The molecule has 0 atom stereocenters. The number of aromatic hydroxyl groups is 1. The Morgan fingerprint density at radius 3 is 2.36 bits per heavy atom. The molecule has 0 saturated heterocycles. The molecule has 0 amide bonds. The highest BCUT2D eigenvalue weighted by atomic mass is 19.4. The molecule has 0 aliphatic carbocycles. The molecule has 0 aliphatic rings. The number of benzene rings is 2. The number of phenolic OH excluding ortho intramolecular Hbond substituents is 1. The molecule has 2 aromatic carbocycles. The monoisotopic (exact) mass is 390 g/mol. The van der Waals surface area contributed by atoms with E-state index in [2.05, 4.69) is 5.10 Å². The van der Waals surface area contributed by atoms with Crippen LogP contribution < -0.4 is 4.74 Å². The Morgan fingerprint density at radius 2 is 1.75 bits per heavy atom. The Hall–Kier alpha value is -2.96. The standard InChI is InChI=1S/C21H21F3N2O2/c1-12-6-5-7-18(27)16(12)11-28-19-9-13(2)15(8-14(19)3)17-10-20(21(22,23)24)26(4)25-17/h5-10,27H,11H2,1-4H3. The quantitative estimate of drug-likeness (QED) is 0.656. The van der Waals surface area contributed by atoms with Crippen molar-refractivity contribution in [3.63, 3.8) is 0 Å². The number of ether oxygens (including phenoxy) is 1. The van der Waals surface area contributed by atoms with Crippen LogP contribution in [0.15, 0.2) is 36.4 Å². The second-order valence-electron chi connectivity index (χ2n) is 6.83. The topological polar surface area (TPSA) is 47.3 Å². The van der Waals surface area contributed by atoms with Crippen LogP contribution in [0.1, 0.15) is 27.9 Å². The molecule has 0 spiro atoms. The molecular formula is C21H21F3N2O2. The molecule has 3 aromatic rings. The first-order chi connectivity index (χ1) is 13.1. The summed E-state index contributed by atoms with van der Waals surface area (Å²) >= 11 is 0. The Balaban J connectivity index is 1.90. The normalized spacial score (nSPS) is 11.7. The van der Waals surface area contributed by atoms with E-state index in [9.17, 15) is 18.3 Å². The number of hydrogen-bond acceptors (Lipinski definition) is 3. The summed E-state index contributed by atoms with van der Waals surface area (Å²) < 4.78 is 45.9. The van der Waals surface area contributed by atoms with E-state index >= 15 is 0 Å². The second-order valence-corrected chi connectivity index (χ2v) is 6.83. The zero-order valence-corrected chi connectivity index (χ0v) is 16.1. The Kier molecular flexibility index (Phi) is 5.10. The molecule has 0 fully saturated rings. The summed E-state index contributed by atoms with van der Waals surface area (Å²) in [5.74, 6) is 0.773. The molecule has 0 unspecified atom stereocenters. The zero-order valence-electron chi connectivity index (χ0n) is 16.1. The summed E-state index contributed by atoms with van der Waals surface area (Å²) in [4.78, 5) is 0. The molecule has 148 valence electrons. The van der Waals surface area contributed by atoms with Crippen molar-refractivity contribution in [2.45, 2.75) is 33.6 Å². The fourth-order valence-electron chi connectivity index (χ4n) is 3.11. The fraction of sp³-hybridized carbons (Fsp3) is 0.286. The third-order valence-electron chi connectivity index (χ3n) is 4.73. The summed E-state index contributed by atoms with van der Waals surface area (Å²) in [5, 5.41) is 14.0. The van der Waals surface area contributed by atoms with E-state index in [1.165, 1.54) is 7.05 Å². The minimum Gasteiger partial charge on any atom is -0.508 e. The second kappa shape index (κ2) is 7.22. The summed E-state index contributed by atoms with van der Waals surface area (Å²) in [6.45, 7) is 5.71. The third-order valence-corrected chi connectivity index (χ3v) is 4.73. The van der Waals surface area contributed by atoms with Crippen molar-refractivity contribution < 1.29 is 23.0 Å². The van der Waals surface area contributed by atoms with Crippen molar-refractivity contribution in [3.8, 4) is 22.8 Å². The Labute approximate surface area is 161 Å². The molecule has 4 nitrogen and oxygen atoms in total. The van der Waals surface area contributed by atoms with E-state index in [0.29, 0.717) is 16.9 Å². The maximum Gasteiger partial charge on any atom is 0.433 e. The van der Waals surface area contributed by atoms with Crippen molar-refractivity contribution in [2.24, 2.45) is 7.05 Å². The van der Waals surface area contributed by atoms with Crippen LogP contribution in [-0.2, 0) is 19.8 Å². The first-order valence-electron chi connectivity index (χ1n) is 8.71. The van der Waals surface area contributed by atoms with Crippen molar-refractivity contribution in [2.75, 3.05) is 0 Å². The van der Waals surface area contributed by atoms with Gasteiger partial charge < -0.3 is 9.84 Å². The van der Waals surface area contributed by atoms with Crippen LogP contribution in [-0.4, -0.2) is 14.9 Å². The van der Waals surface area contributed by atoms with Gasteiger partial charge >= 0.3 is 6.18 Å². The van der Waals surface area contributed by atoms with E-state index in [-0.39, 0.29) is 18.1 Å². The molecule has 7 heteroatoms. The Bertz CT molecular complexity index is 1000. The molecule has 3 rings (SSSR count). The largest absolute Gasteiger partial charge is 0.508 e. The highest BCUT2D eigenvalue weighted by Crippen LogP contribution is 2.35. The number of nitrogens with zero attached hydrogens (tertiary/aromatic N) is 2. The average Bonchev–Trinajstić information content (AvgIpc) is 2.99. The first kappa shape index (κ1) is 19.8. The van der Waals surface area contributed by atoms with Crippen molar-refractivity contribution in [3.05, 3.63) is 64.3 Å². The fourth-order valence-corrected chi connectivity index (χ4v) is 3.11. The average molecular weight is 390 g/mol. The SMILES string of the molecule is Cc1cc(-c2cc(C(F)(F)F)n(C)n2)c(C)cc1OCc1c(C)cccc1O. The molecule has 0 bridgehead atoms. The summed E-state index contributed by atoms with van der Waals surface area (Å²) in [7, 11) is 1.28. The van der Waals surface area contributed by atoms with E-state index < -0.39 is 11.9 Å². The van der Waals surface area contributed by atoms with Gasteiger partial charge in [-0.05, 0) is 61.7 Å². The molecule has 0 saturated carbocycles. The number of alkyl halides is 3. The van der Waals surface area contributed by atoms with Crippen LogP contribution in [0.4, 0.5) is 13.2 Å². The van der Waals surface area contributed by atoms with Crippen LogP contribution in [0, 0.1) is 20.8 Å². The molecule has 28 heavy (non-hydrogen) atoms. The Morgan fingerprint density at radius 1 is 1.04 bits per heavy atom. The van der Waals surface area contributed by atoms with E-state index in [0.717, 1.165) is 27.4 Å². The number of hydrogen-bond donors (Lipinski definition) is 1. The highest BCUT2D eigenvalue weighted by Gasteiger charge is 2.35. The van der Waals surface area contributed by atoms with E-state index in [4.69, 9.17) is 4.74 Å². The molecule has 1 heterocycles. The summed E-state index contributed by atoms with van der Waals surface area (Å²) in [6, 6.07) is 9.85. The molecule has 1 aromatic heterocycles. The van der Waals surface area contributed by atoms with Gasteiger partial charge in [0.2, 0.25) is 0 Å². The lowest BCUT2D eigenvalue weighted by Gasteiger charge is -2.14. The number of aryl methyl sites for hydroxylation is 4. The first-order valence-corrected chi connectivity index (χ1v) is 8.71. The molecule has 0 radical (unpaired) electrons. The van der Waals surface area contributed by atoms with Crippen LogP contribution in [0.2, 0.25) is 0 Å². The van der Waals surface area contributed by atoms with Gasteiger partial charge in [-0.25, -0.2) is 0 Å². The summed E-state index contributed by atoms with van der Waals surface area (Å²) in [6.07, 6.45) is -4.46. The van der Waals surface area contributed by atoms with E-state index in [1.54, 1.807) is 31.2 Å². The van der Waals surface area contributed by atoms with Gasteiger partial charge in [0.15, 0.2) is 0 Å². The lowest BCUT2D eigenvalue weighted by Crippen LogP contribution is -2.11. The maximum atomic E-state index is 13.0. The predicted molar refractivity (Wildman–Crippen MR) is 100 cm³/mol. The van der Waals surface area contributed by atoms with Gasteiger partial charge in [0.25, 0.3) is 0 Å². The van der Waals surface area contributed by atoms with Gasteiger partial charge in [-0.15, -0.1) is 0 Å². The summed E-state index contributed by atoms with van der Waals surface area (Å²) in [5.41, 5.74) is 3.22. The van der Waals surface area contributed by atoms with Crippen molar-refractivity contribution in [1.82, 2.24) is 9.78 Å². The van der Waals surface area contributed by atoms with Gasteiger partial charge in [0.1, 0.15) is 23.8 Å². The molecular weight excluding hydrogens is 369 g/mol. The predicted octanol–water partition coefficient (Wildman–Crippen LogP) is 5.32. The van der Waals surface area contributed by atoms with Gasteiger partial charge in [0.05, 0.1) is 5.69 Å². The minimum atomic E-state index is -4.46. The van der Waals surface area contributed by atoms with Crippen LogP contribution in [0.5, 0.6) is 11.5 Å². The molecule has 1 N–H and O–H groups in total. The number of phenols is 1. The van der Waals surface area contributed by atoms with Gasteiger partial charge in [-0.2, -0.15) is 18.3 Å².